The average Bonchev–Trinajstić information content (AvgIpc) is 3.15. The van der Waals surface area contributed by atoms with E-state index in [0.29, 0.717) is 11.7 Å². The fourth-order valence-electron chi connectivity index (χ4n) is 2.31. The van der Waals surface area contributed by atoms with E-state index in [0.717, 1.165) is 27.9 Å². The highest BCUT2D eigenvalue weighted by Crippen LogP contribution is 2.28. The molecular weight excluding hydrogens is 266 g/mol. The maximum atomic E-state index is 5.21. The van der Waals surface area contributed by atoms with E-state index in [1.54, 1.807) is 19.3 Å². The third kappa shape index (κ3) is 1.97. The predicted octanol–water partition coefficient (Wildman–Crippen LogP) is 2.98. The Labute approximate surface area is 119 Å². The van der Waals surface area contributed by atoms with Gasteiger partial charge in [-0.15, -0.1) is 0 Å². The molecule has 0 spiro atoms. The van der Waals surface area contributed by atoms with E-state index >= 15 is 0 Å². The second-order valence-electron chi connectivity index (χ2n) is 4.67. The van der Waals surface area contributed by atoms with Crippen LogP contribution in [0, 0.1) is 6.92 Å². The number of nitrogens with one attached hydrogen (secondary N) is 1. The molecule has 0 amide bonds. The van der Waals surface area contributed by atoms with Gasteiger partial charge in [-0.05, 0) is 31.2 Å². The average molecular weight is 277 g/mol. The van der Waals surface area contributed by atoms with Crippen LogP contribution in [0.3, 0.4) is 0 Å². The Morgan fingerprint density at radius 1 is 1.10 bits per heavy atom. The van der Waals surface area contributed by atoms with Gasteiger partial charge in [-0.1, -0.05) is 5.16 Å². The van der Waals surface area contributed by atoms with Crippen LogP contribution in [-0.4, -0.2) is 25.1 Å². The summed E-state index contributed by atoms with van der Waals surface area (Å²) in [6.45, 7) is 1.79. The molecule has 4 heterocycles. The number of H-pyrrole nitrogens is 1. The predicted molar refractivity (Wildman–Crippen MR) is 77.4 cm³/mol. The summed E-state index contributed by atoms with van der Waals surface area (Å²) in [5.41, 5.74) is 3.55. The normalized spacial score (nSPS) is 11.1. The first-order valence-corrected chi connectivity index (χ1v) is 6.50. The number of rotatable bonds is 2. The first-order chi connectivity index (χ1) is 10.3. The van der Waals surface area contributed by atoms with Gasteiger partial charge in [-0.3, -0.25) is 4.98 Å². The Bertz CT molecular complexity index is 924. The Morgan fingerprint density at radius 2 is 2.00 bits per heavy atom. The lowest BCUT2D eigenvalue weighted by Gasteiger charge is -2.03. The van der Waals surface area contributed by atoms with E-state index in [4.69, 9.17) is 4.52 Å². The van der Waals surface area contributed by atoms with Gasteiger partial charge in [0, 0.05) is 35.1 Å². The van der Waals surface area contributed by atoms with Gasteiger partial charge >= 0.3 is 0 Å². The van der Waals surface area contributed by atoms with Crippen LogP contribution in [0.4, 0.5) is 0 Å². The standard InChI is InChI=1S/C15H11N5O/c1-9-19-15(21-20-9)10-2-5-16-13(8-10)11-3-6-17-14-12(11)4-7-18-14/h2-8H,1H3,(H,17,18). The second kappa shape index (κ2) is 4.52. The Morgan fingerprint density at radius 3 is 2.86 bits per heavy atom. The van der Waals surface area contributed by atoms with Gasteiger partial charge in [0.25, 0.3) is 5.89 Å². The molecule has 0 saturated carbocycles. The third-order valence-corrected chi connectivity index (χ3v) is 3.27. The zero-order valence-electron chi connectivity index (χ0n) is 11.2. The maximum absolute atomic E-state index is 5.21. The maximum Gasteiger partial charge on any atom is 0.258 e. The van der Waals surface area contributed by atoms with E-state index in [-0.39, 0.29) is 0 Å². The van der Waals surface area contributed by atoms with Gasteiger partial charge in [-0.25, -0.2) is 4.98 Å². The zero-order valence-corrected chi connectivity index (χ0v) is 11.2. The van der Waals surface area contributed by atoms with Crippen LogP contribution in [-0.2, 0) is 0 Å². The molecule has 102 valence electrons. The molecule has 21 heavy (non-hydrogen) atoms. The first-order valence-electron chi connectivity index (χ1n) is 6.50. The molecule has 0 aliphatic rings. The van der Waals surface area contributed by atoms with Gasteiger partial charge in [-0.2, -0.15) is 4.98 Å². The summed E-state index contributed by atoms with van der Waals surface area (Å²) in [5, 5.41) is 4.85. The molecular formula is C15H11N5O. The first kappa shape index (κ1) is 11.8. The molecule has 0 saturated heterocycles. The summed E-state index contributed by atoms with van der Waals surface area (Å²) in [6.07, 6.45) is 5.37. The van der Waals surface area contributed by atoms with E-state index in [2.05, 4.69) is 25.1 Å². The molecule has 0 aromatic carbocycles. The smallest absolute Gasteiger partial charge is 0.258 e. The van der Waals surface area contributed by atoms with Gasteiger partial charge in [0.1, 0.15) is 5.65 Å². The summed E-state index contributed by atoms with van der Waals surface area (Å²) in [4.78, 5) is 16.1. The summed E-state index contributed by atoms with van der Waals surface area (Å²) in [6, 6.07) is 7.73. The lowest BCUT2D eigenvalue weighted by atomic mass is 10.1. The van der Waals surface area contributed by atoms with Crippen molar-refractivity contribution in [3.8, 4) is 22.7 Å². The molecule has 0 atom stereocenters. The third-order valence-electron chi connectivity index (χ3n) is 3.27. The van der Waals surface area contributed by atoms with E-state index in [9.17, 15) is 0 Å². The molecule has 6 heteroatoms. The van der Waals surface area contributed by atoms with Crippen molar-refractivity contribution in [2.45, 2.75) is 6.92 Å². The highest BCUT2D eigenvalue weighted by molar-refractivity contribution is 5.92. The topological polar surface area (TPSA) is 80.5 Å². The molecule has 0 aliphatic carbocycles. The number of pyridine rings is 2. The van der Waals surface area contributed by atoms with Crippen molar-refractivity contribution in [1.82, 2.24) is 25.1 Å². The zero-order chi connectivity index (χ0) is 14.2. The molecule has 4 aromatic heterocycles. The monoisotopic (exact) mass is 277 g/mol. The lowest BCUT2D eigenvalue weighted by Crippen LogP contribution is -1.87. The van der Waals surface area contributed by atoms with Crippen molar-refractivity contribution in [1.29, 1.82) is 0 Å². The van der Waals surface area contributed by atoms with E-state index < -0.39 is 0 Å². The molecule has 4 rings (SSSR count). The summed E-state index contributed by atoms with van der Waals surface area (Å²) in [7, 11) is 0. The molecule has 0 aliphatic heterocycles. The van der Waals surface area contributed by atoms with Crippen molar-refractivity contribution in [3.05, 3.63) is 48.7 Å². The number of aryl methyl sites for hydroxylation is 1. The van der Waals surface area contributed by atoms with Crippen LogP contribution in [0.5, 0.6) is 0 Å². The van der Waals surface area contributed by atoms with E-state index in [1.165, 1.54) is 0 Å². The van der Waals surface area contributed by atoms with Crippen molar-refractivity contribution < 1.29 is 4.52 Å². The molecule has 6 nitrogen and oxygen atoms in total. The summed E-state index contributed by atoms with van der Waals surface area (Å²) >= 11 is 0. The minimum atomic E-state index is 0.496. The van der Waals surface area contributed by atoms with Gasteiger partial charge in [0.05, 0.1) is 5.69 Å². The number of aromatic amines is 1. The van der Waals surface area contributed by atoms with Crippen molar-refractivity contribution >= 4 is 11.0 Å². The highest BCUT2D eigenvalue weighted by Gasteiger charge is 2.11. The summed E-state index contributed by atoms with van der Waals surface area (Å²) < 4.78 is 5.21. The van der Waals surface area contributed by atoms with Crippen LogP contribution in [0.1, 0.15) is 5.82 Å². The SMILES string of the molecule is Cc1noc(-c2ccnc(-c3ccnc4[nH]ccc34)c2)n1. The van der Waals surface area contributed by atoms with Crippen LogP contribution in [0.15, 0.2) is 47.4 Å². The molecule has 1 N–H and O–H groups in total. The minimum Gasteiger partial charge on any atom is -0.346 e. The quantitative estimate of drug-likeness (QED) is 0.609. The Kier molecular flexibility index (Phi) is 2.53. The van der Waals surface area contributed by atoms with Crippen LogP contribution in [0.25, 0.3) is 33.7 Å². The molecule has 0 fully saturated rings. The number of hydrogen-bond donors (Lipinski definition) is 1. The van der Waals surface area contributed by atoms with E-state index in [1.807, 2.05) is 30.5 Å². The fourth-order valence-corrected chi connectivity index (χ4v) is 2.31. The lowest BCUT2D eigenvalue weighted by molar-refractivity contribution is 0.425. The fraction of sp³-hybridized carbons (Fsp3) is 0.0667. The number of fused-ring (bicyclic) bond motifs is 1. The number of hydrogen-bond acceptors (Lipinski definition) is 5. The number of nitrogens with zero attached hydrogens (tertiary/aromatic N) is 4. The second-order valence-corrected chi connectivity index (χ2v) is 4.67. The molecule has 0 unspecified atom stereocenters. The van der Waals surface area contributed by atoms with Gasteiger partial charge in [0.2, 0.25) is 0 Å². The van der Waals surface area contributed by atoms with Crippen LogP contribution >= 0.6 is 0 Å². The highest BCUT2D eigenvalue weighted by atomic mass is 16.5. The van der Waals surface area contributed by atoms with Crippen LogP contribution < -0.4 is 0 Å². The van der Waals surface area contributed by atoms with Gasteiger partial charge < -0.3 is 9.51 Å². The van der Waals surface area contributed by atoms with Crippen molar-refractivity contribution in [2.75, 3.05) is 0 Å². The van der Waals surface area contributed by atoms with Crippen molar-refractivity contribution in [2.24, 2.45) is 0 Å². The molecule has 0 bridgehead atoms. The molecule has 4 aromatic rings. The number of aromatic nitrogens is 5. The Balaban J connectivity index is 1.88. The van der Waals surface area contributed by atoms with Gasteiger partial charge in [0.15, 0.2) is 5.82 Å². The summed E-state index contributed by atoms with van der Waals surface area (Å²) in [5.74, 6) is 1.11. The van der Waals surface area contributed by atoms with Crippen LogP contribution in [0.2, 0.25) is 0 Å². The largest absolute Gasteiger partial charge is 0.346 e. The Hall–Kier alpha value is -3.02. The van der Waals surface area contributed by atoms with Crippen molar-refractivity contribution in [3.63, 3.8) is 0 Å². The molecule has 0 radical (unpaired) electrons. The minimum absolute atomic E-state index is 0.496.